The van der Waals surface area contributed by atoms with Crippen LogP contribution in [0.25, 0.3) is 0 Å². The number of amides is 2. The molecule has 0 spiro atoms. The summed E-state index contributed by atoms with van der Waals surface area (Å²) in [7, 11) is 3.15. The van der Waals surface area contributed by atoms with Crippen molar-refractivity contribution in [3.8, 4) is 11.5 Å². The van der Waals surface area contributed by atoms with Crippen molar-refractivity contribution in [2.75, 3.05) is 14.2 Å². The zero-order valence-electron chi connectivity index (χ0n) is 18.1. The Morgan fingerprint density at radius 2 is 1.58 bits per heavy atom. The van der Waals surface area contributed by atoms with Gasteiger partial charge in [0.1, 0.15) is 11.5 Å². The minimum Gasteiger partial charge on any atom is -0.497 e. The molecule has 7 nitrogen and oxygen atoms in total. The van der Waals surface area contributed by atoms with Crippen LogP contribution in [0.5, 0.6) is 11.5 Å². The van der Waals surface area contributed by atoms with E-state index in [1.165, 1.54) is 0 Å². The molecule has 33 heavy (non-hydrogen) atoms. The molecule has 3 aromatic rings. The first-order valence-electron chi connectivity index (χ1n) is 10.3. The zero-order valence-corrected chi connectivity index (χ0v) is 18.9. The van der Waals surface area contributed by atoms with Crippen molar-refractivity contribution in [1.82, 2.24) is 10.7 Å². The molecule has 1 saturated heterocycles. The monoisotopic (exact) mass is 464 g/mol. The lowest BCUT2D eigenvalue weighted by molar-refractivity contribution is -0.596. The van der Waals surface area contributed by atoms with Gasteiger partial charge in [-0.15, -0.1) is 10.1 Å². The van der Waals surface area contributed by atoms with Gasteiger partial charge in [-0.25, -0.2) is 0 Å². The topological polar surface area (TPSA) is 79.7 Å². The molecule has 1 heterocycles. The van der Waals surface area contributed by atoms with Gasteiger partial charge in [-0.05, 0) is 60.7 Å². The highest BCUT2D eigenvalue weighted by Crippen LogP contribution is 2.28. The Balaban J connectivity index is 1.69. The highest BCUT2D eigenvalue weighted by Gasteiger charge is 2.47. The maximum atomic E-state index is 13.0. The lowest BCUT2D eigenvalue weighted by Crippen LogP contribution is -2.42. The summed E-state index contributed by atoms with van der Waals surface area (Å²) in [6.07, 6.45) is 1.76. The molecule has 4 rings (SSSR count). The summed E-state index contributed by atoms with van der Waals surface area (Å²) in [5.41, 5.74) is 4.82. The standard InChI is InChI=1S/C25H22ClN3O4/c1-32-19-11-7-16(8-12-19)23-22(27-24(30)17-9-13-20(33-2)14-10-17)25(31)28-29(23)15-18-5-3-4-6-21(18)26/h3-15,22-23H,1-2H3,(H-,27,28,30,31)/p+1/b29-15-/t22-,23-/m1/s1. The SMILES string of the molecule is COc1ccc(C(=O)N[C@H]2C(=O)N/[N+](=C\c3ccccc3Cl)[C@@H]2c2ccc(OC)cc2)cc1. The fourth-order valence-electron chi connectivity index (χ4n) is 3.68. The Labute approximate surface area is 196 Å². The van der Waals surface area contributed by atoms with Crippen LogP contribution in [0.1, 0.15) is 27.5 Å². The largest absolute Gasteiger partial charge is 0.497 e. The minimum absolute atomic E-state index is 0.332. The van der Waals surface area contributed by atoms with Crippen molar-refractivity contribution in [3.63, 3.8) is 0 Å². The number of hydrogen-bond acceptors (Lipinski definition) is 4. The van der Waals surface area contributed by atoms with Gasteiger partial charge in [-0.2, -0.15) is 0 Å². The van der Waals surface area contributed by atoms with Crippen molar-refractivity contribution >= 4 is 29.6 Å². The number of hydrazone groups is 1. The molecule has 2 atom stereocenters. The summed E-state index contributed by atoms with van der Waals surface area (Å²) in [6, 6.07) is 20.0. The van der Waals surface area contributed by atoms with Crippen molar-refractivity contribution in [3.05, 3.63) is 94.5 Å². The Kier molecular flexibility index (Phi) is 6.60. The van der Waals surface area contributed by atoms with E-state index in [-0.39, 0.29) is 11.8 Å². The van der Waals surface area contributed by atoms with E-state index in [1.54, 1.807) is 55.5 Å². The third kappa shape index (κ3) is 4.83. The van der Waals surface area contributed by atoms with Crippen LogP contribution in [0.4, 0.5) is 0 Å². The summed E-state index contributed by atoms with van der Waals surface area (Å²) in [4.78, 5) is 25.9. The van der Waals surface area contributed by atoms with Gasteiger partial charge in [0.15, 0.2) is 6.04 Å². The van der Waals surface area contributed by atoms with Crippen molar-refractivity contribution in [1.29, 1.82) is 0 Å². The van der Waals surface area contributed by atoms with E-state index in [0.29, 0.717) is 22.1 Å². The molecule has 2 amide bonds. The van der Waals surface area contributed by atoms with Gasteiger partial charge in [0.25, 0.3) is 5.91 Å². The van der Waals surface area contributed by atoms with Gasteiger partial charge in [-0.1, -0.05) is 23.7 Å². The fraction of sp³-hybridized carbons (Fsp3) is 0.160. The molecular weight excluding hydrogens is 442 g/mol. The van der Waals surface area contributed by atoms with Gasteiger partial charge in [0.05, 0.1) is 24.8 Å². The summed E-state index contributed by atoms with van der Waals surface area (Å²) in [5, 5.41) is 3.42. The smallest absolute Gasteiger partial charge is 0.304 e. The first-order chi connectivity index (χ1) is 16.0. The number of methoxy groups -OCH3 is 2. The number of hydrazine groups is 1. The number of carbonyl (C=O) groups is 2. The van der Waals surface area contributed by atoms with E-state index in [0.717, 1.165) is 11.1 Å². The first-order valence-corrected chi connectivity index (χ1v) is 10.6. The second kappa shape index (κ2) is 9.75. The molecule has 0 radical (unpaired) electrons. The lowest BCUT2D eigenvalue weighted by Gasteiger charge is -2.15. The van der Waals surface area contributed by atoms with Crippen LogP contribution in [-0.4, -0.2) is 43.0 Å². The van der Waals surface area contributed by atoms with Crippen molar-refractivity contribution < 1.29 is 23.7 Å². The number of benzene rings is 3. The van der Waals surface area contributed by atoms with Crippen LogP contribution >= 0.6 is 11.6 Å². The first kappa shape index (κ1) is 22.4. The van der Waals surface area contributed by atoms with Gasteiger partial charge in [0, 0.05) is 11.1 Å². The third-order valence-electron chi connectivity index (χ3n) is 5.42. The van der Waals surface area contributed by atoms with E-state index in [4.69, 9.17) is 21.1 Å². The molecule has 8 heteroatoms. The quantitative estimate of drug-likeness (QED) is 0.548. The molecule has 1 fully saturated rings. The normalized spacial score (nSPS) is 18.6. The second-order valence-corrected chi connectivity index (χ2v) is 7.84. The number of hydrogen-bond donors (Lipinski definition) is 2. The molecule has 168 valence electrons. The summed E-state index contributed by atoms with van der Waals surface area (Å²) in [5.74, 6) is 0.634. The van der Waals surface area contributed by atoms with Crippen LogP contribution in [-0.2, 0) is 4.79 Å². The number of ether oxygens (including phenoxy) is 2. The Bertz CT molecular complexity index is 1190. The van der Waals surface area contributed by atoms with Gasteiger partial charge in [-0.3, -0.25) is 9.59 Å². The molecular formula is C25H23ClN3O4+. The highest BCUT2D eigenvalue weighted by atomic mass is 35.5. The summed E-state index contributed by atoms with van der Waals surface area (Å²) < 4.78 is 12.1. The van der Waals surface area contributed by atoms with Crippen molar-refractivity contribution in [2.24, 2.45) is 0 Å². The number of nitrogens with one attached hydrogen (secondary N) is 2. The van der Waals surface area contributed by atoms with E-state index in [2.05, 4.69) is 10.7 Å². The predicted molar refractivity (Wildman–Crippen MR) is 125 cm³/mol. The van der Waals surface area contributed by atoms with Crippen LogP contribution in [0.3, 0.4) is 0 Å². The third-order valence-corrected chi connectivity index (χ3v) is 5.76. The van der Waals surface area contributed by atoms with Crippen LogP contribution in [0, 0.1) is 0 Å². The number of nitrogens with zero attached hydrogens (tertiary/aromatic N) is 1. The average Bonchev–Trinajstić information content (AvgIpc) is 3.14. The molecule has 0 unspecified atom stereocenters. The Morgan fingerprint density at radius 3 is 2.18 bits per heavy atom. The van der Waals surface area contributed by atoms with Crippen LogP contribution in [0.2, 0.25) is 5.02 Å². The molecule has 0 aromatic heterocycles. The molecule has 2 N–H and O–H groups in total. The van der Waals surface area contributed by atoms with E-state index in [1.807, 2.05) is 42.5 Å². The molecule has 0 bridgehead atoms. The maximum Gasteiger partial charge on any atom is 0.304 e. The van der Waals surface area contributed by atoms with Crippen LogP contribution < -0.4 is 20.2 Å². The minimum atomic E-state index is -0.841. The Morgan fingerprint density at radius 1 is 0.970 bits per heavy atom. The average molecular weight is 465 g/mol. The van der Waals surface area contributed by atoms with Gasteiger partial charge < -0.3 is 14.8 Å². The van der Waals surface area contributed by atoms with E-state index >= 15 is 0 Å². The van der Waals surface area contributed by atoms with Crippen molar-refractivity contribution in [2.45, 2.75) is 12.1 Å². The van der Waals surface area contributed by atoms with Gasteiger partial charge in [0.2, 0.25) is 12.3 Å². The van der Waals surface area contributed by atoms with E-state index < -0.39 is 12.1 Å². The molecule has 0 saturated carbocycles. The highest BCUT2D eigenvalue weighted by molar-refractivity contribution is 6.32. The van der Waals surface area contributed by atoms with E-state index in [9.17, 15) is 9.59 Å². The number of halogens is 1. The maximum absolute atomic E-state index is 13.0. The van der Waals surface area contributed by atoms with Crippen LogP contribution in [0.15, 0.2) is 72.8 Å². The zero-order chi connectivity index (χ0) is 23.4. The fourth-order valence-corrected chi connectivity index (χ4v) is 3.86. The predicted octanol–water partition coefficient (Wildman–Crippen LogP) is 3.37. The molecule has 1 aliphatic rings. The number of carbonyl (C=O) groups excluding carboxylic acids is 2. The number of rotatable bonds is 6. The second-order valence-electron chi connectivity index (χ2n) is 7.43. The summed E-state index contributed by atoms with van der Waals surface area (Å²) in [6.45, 7) is 0. The Hall–Kier alpha value is -3.84. The molecule has 3 aromatic carbocycles. The summed E-state index contributed by atoms with van der Waals surface area (Å²) >= 11 is 6.33. The lowest BCUT2D eigenvalue weighted by atomic mass is 9.99. The van der Waals surface area contributed by atoms with Gasteiger partial charge >= 0.3 is 5.91 Å². The molecule has 0 aliphatic carbocycles. The molecule has 1 aliphatic heterocycles.